The first-order chi connectivity index (χ1) is 7.97. The van der Waals surface area contributed by atoms with Crippen molar-refractivity contribution in [3.8, 4) is 0 Å². The van der Waals surface area contributed by atoms with Gasteiger partial charge in [0.05, 0.1) is 0 Å². The molecule has 0 aliphatic carbocycles. The molecule has 1 aliphatic rings. The third-order valence-electron chi connectivity index (χ3n) is 3.24. The second-order valence-corrected chi connectivity index (χ2v) is 5.53. The molecule has 1 saturated heterocycles. The number of nitrogens with one attached hydrogen (secondary N) is 1. The van der Waals surface area contributed by atoms with E-state index in [1.165, 1.54) is 12.1 Å². The highest BCUT2D eigenvalue weighted by Crippen LogP contribution is 2.26. The van der Waals surface area contributed by atoms with E-state index in [0.717, 1.165) is 13.0 Å². The first-order valence-electron chi connectivity index (χ1n) is 5.58. The number of hydrogen-bond donors (Lipinski definition) is 1. The van der Waals surface area contributed by atoms with Crippen LogP contribution in [0.15, 0.2) is 16.6 Å². The molecule has 1 heterocycles. The van der Waals surface area contributed by atoms with Crippen LogP contribution in [0.5, 0.6) is 0 Å². The van der Waals surface area contributed by atoms with Gasteiger partial charge in [0.15, 0.2) is 0 Å². The van der Waals surface area contributed by atoms with Crippen LogP contribution in [0.25, 0.3) is 0 Å². The van der Waals surface area contributed by atoms with Crippen molar-refractivity contribution in [2.75, 3.05) is 18.9 Å². The number of hydrogen-bond acceptors (Lipinski definition) is 2. The molecule has 0 bridgehead atoms. The molecular weight excluding hydrogens is 290 g/mol. The van der Waals surface area contributed by atoms with E-state index in [9.17, 15) is 8.78 Å². The average Bonchev–Trinajstić information content (AvgIpc) is 2.52. The molecule has 2 rings (SSSR count). The second kappa shape index (κ2) is 4.90. The summed E-state index contributed by atoms with van der Waals surface area (Å²) in [5.74, 6) is -1.11. The Kier molecular flexibility index (Phi) is 3.68. The van der Waals surface area contributed by atoms with Gasteiger partial charge in [0, 0.05) is 23.1 Å². The van der Waals surface area contributed by atoms with Crippen LogP contribution in [-0.2, 0) is 0 Å². The predicted octanol–water partition coefficient (Wildman–Crippen LogP) is 3.23. The Morgan fingerprint density at radius 3 is 2.41 bits per heavy atom. The standard InChI is InChI=1S/C12H15BrF2N2/c1-7-3-9(6-17(7)2)16-12-10(14)4-8(13)5-11(12)15/h4-5,7,9,16H,3,6H2,1-2H3. The molecule has 1 fully saturated rings. The zero-order valence-electron chi connectivity index (χ0n) is 9.80. The Morgan fingerprint density at radius 1 is 1.35 bits per heavy atom. The molecule has 1 N–H and O–H groups in total. The van der Waals surface area contributed by atoms with Crippen LogP contribution in [0.1, 0.15) is 13.3 Å². The van der Waals surface area contributed by atoms with Gasteiger partial charge in [-0.1, -0.05) is 15.9 Å². The first-order valence-corrected chi connectivity index (χ1v) is 6.38. The van der Waals surface area contributed by atoms with Crippen molar-refractivity contribution in [2.45, 2.75) is 25.4 Å². The second-order valence-electron chi connectivity index (χ2n) is 4.61. The van der Waals surface area contributed by atoms with Gasteiger partial charge in [-0.2, -0.15) is 0 Å². The summed E-state index contributed by atoms with van der Waals surface area (Å²) >= 11 is 3.06. The number of halogens is 3. The fraction of sp³-hybridized carbons (Fsp3) is 0.500. The van der Waals surface area contributed by atoms with E-state index in [1.54, 1.807) is 0 Å². The number of anilines is 1. The Morgan fingerprint density at radius 2 is 1.94 bits per heavy atom. The van der Waals surface area contributed by atoms with E-state index in [1.807, 2.05) is 7.05 Å². The van der Waals surface area contributed by atoms with E-state index < -0.39 is 11.6 Å². The van der Waals surface area contributed by atoms with E-state index in [2.05, 4.69) is 33.1 Å². The highest BCUT2D eigenvalue weighted by Gasteiger charge is 2.27. The summed E-state index contributed by atoms with van der Waals surface area (Å²) in [5, 5.41) is 2.95. The quantitative estimate of drug-likeness (QED) is 0.902. The van der Waals surface area contributed by atoms with Crippen LogP contribution in [0.3, 0.4) is 0 Å². The molecule has 0 saturated carbocycles. The van der Waals surface area contributed by atoms with Crippen molar-refractivity contribution in [1.29, 1.82) is 0 Å². The summed E-state index contributed by atoms with van der Waals surface area (Å²) in [6.45, 7) is 2.91. The smallest absolute Gasteiger partial charge is 0.150 e. The number of benzene rings is 1. The van der Waals surface area contributed by atoms with Gasteiger partial charge < -0.3 is 10.2 Å². The summed E-state index contributed by atoms with van der Waals surface area (Å²) in [6.07, 6.45) is 0.894. The number of likely N-dealkylation sites (N-methyl/N-ethyl adjacent to an activating group) is 1. The molecule has 2 unspecified atom stereocenters. The van der Waals surface area contributed by atoms with Gasteiger partial charge >= 0.3 is 0 Å². The number of nitrogens with zero attached hydrogens (tertiary/aromatic N) is 1. The van der Waals surface area contributed by atoms with Crippen LogP contribution in [-0.4, -0.2) is 30.6 Å². The summed E-state index contributed by atoms with van der Waals surface area (Å²) in [6, 6.07) is 3.08. The lowest BCUT2D eigenvalue weighted by atomic mass is 10.2. The lowest BCUT2D eigenvalue weighted by molar-refractivity contribution is 0.330. The van der Waals surface area contributed by atoms with Gasteiger partial charge in [0.1, 0.15) is 17.3 Å². The topological polar surface area (TPSA) is 15.3 Å². The largest absolute Gasteiger partial charge is 0.376 e. The highest BCUT2D eigenvalue weighted by molar-refractivity contribution is 9.10. The van der Waals surface area contributed by atoms with Gasteiger partial charge in [-0.25, -0.2) is 8.78 Å². The van der Waals surface area contributed by atoms with Gasteiger partial charge in [-0.05, 0) is 32.5 Å². The van der Waals surface area contributed by atoms with Crippen molar-refractivity contribution in [2.24, 2.45) is 0 Å². The summed E-state index contributed by atoms with van der Waals surface area (Å²) in [7, 11) is 2.01. The van der Waals surface area contributed by atoms with Crippen molar-refractivity contribution in [1.82, 2.24) is 4.90 Å². The number of rotatable bonds is 2. The zero-order valence-corrected chi connectivity index (χ0v) is 11.4. The maximum Gasteiger partial charge on any atom is 0.150 e. The van der Waals surface area contributed by atoms with Gasteiger partial charge in [0.25, 0.3) is 0 Å². The molecule has 1 aromatic rings. The van der Waals surface area contributed by atoms with E-state index >= 15 is 0 Å². The Bertz CT molecular complexity index is 392. The number of likely N-dealkylation sites (tertiary alicyclic amines) is 1. The molecule has 0 spiro atoms. The maximum absolute atomic E-state index is 13.6. The van der Waals surface area contributed by atoms with Gasteiger partial charge in [-0.3, -0.25) is 0 Å². The molecular formula is C12H15BrF2N2. The van der Waals surface area contributed by atoms with Gasteiger partial charge in [-0.15, -0.1) is 0 Å². The molecule has 1 aliphatic heterocycles. The Labute approximate surface area is 108 Å². The molecule has 0 amide bonds. The third-order valence-corrected chi connectivity index (χ3v) is 3.70. The molecule has 17 heavy (non-hydrogen) atoms. The molecule has 2 atom stereocenters. The van der Waals surface area contributed by atoms with Crippen molar-refractivity contribution in [3.05, 3.63) is 28.2 Å². The van der Waals surface area contributed by atoms with Crippen molar-refractivity contribution < 1.29 is 8.78 Å². The van der Waals surface area contributed by atoms with Crippen molar-refractivity contribution in [3.63, 3.8) is 0 Å². The summed E-state index contributed by atoms with van der Waals surface area (Å²) in [5.41, 5.74) is -0.0271. The molecule has 0 radical (unpaired) electrons. The minimum absolute atomic E-state index is 0.0271. The van der Waals surface area contributed by atoms with E-state index in [0.29, 0.717) is 10.5 Å². The van der Waals surface area contributed by atoms with Crippen LogP contribution in [0.4, 0.5) is 14.5 Å². The van der Waals surface area contributed by atoms with E-state index in [-0.39, 0.29) is 11.7 Å². The zero-order chi connectivity index (χ0) is 12.6. The van der Waals surface area contributed by atoms with Crippen LogP contribution in [0, 0.1) is 11.6 Å². The molecule has 0 aromatic heterocycles. The monoisotopic (exact) mass is 304 g/mol. The molecule has 2 nitrogen and oxygen atoms in total. The average molecular weight is 305 g/mol. The van der Waals surface area contributed by atoms with Crippen LogP contribution >= 0.6 is 15.9 Å². The van der Waals surface area contributed by atoms with Crippen LogP contribution in [0.2, 0.25) is 0 Å². The molecule has 5 heteroatoms. The minimum Gasteiger partial charge on any atom is -0.376 e. The predicted molar refractivity (Wildman–Crippen MR) is 68.2 cm³/mol. The fourth-order valence-corrected chi connectivity index (χ4v) is 2.58. The Balaban J connectivity index is 2.14. The van der Waals surface area contributed by atoms with Crippen molar-refractivity contribution >= 4 is 21.6 Å². The lowest BCUT2D eigenvalue weighted by Crippen LogP contribution is -2.25. The third kappa shape index (κ3) is 2.77. The normalized spacial score (nSPS) is 25.2. The molecule has 94 valence electrons. The first kappa shape index (κ1) is 12.8. The van der Waals surface area contributed by atoms with Gasteiger partial charge in [0.2, 0.25) is 0 Å². The lowest BCUT2D eigenvalue weighted by Gasteiger charge is -2.15. The van der Waals surface area contributed by atoms with E-state index in [4.69, 9.17) is 0 Å². The Hall–Kier alpha value is -0.680. The highest BCUT2D eigenvalue weighted by atomic mass is 79.9. The molecule has 1 aromatic carbocycles. The minimum atomic E-state index is -0.556. The SMILES string of the molecule is CC1CC(Nc2c(F)cc(Br)cc2F)CN1C. The van der Waals surface area contributed by atoms with Crippen LogP contribution < -0.4 is 5.32 Å². The summed E-state index contributed by atoms with van der Waals surface area (Å²) in [4.78, 5) is 2.17. The maximum atomic E-state index is 13.6. The fourth-order valence-electron chi connectivity index (χ4n) is 2.18. The summed E-state index contributed by atoms with van der Waals surface area (Å²) < 4.78 is 27.6.